The molecule has 0 radical (unpaired) electrons. The molecule has 3 heterocycles. The minimum absolute atomic E-state index is 0.139. The van der Waals surface area contributed by atoms with Crippen LogP contribution in [0.5, 0.6) is 0 Å². The lowest BCUT2D eigenvalue weighted by Gasteiger charge is -2.58. The number of hydrogen-bond donors (Lipinski definition) is 3. The number of ether oxygens (including phenoxy) is 2. The van der Waals surface area contributed by atoms with Crippen LogP contribution in [0.3, 0.4) is 0 Å². The van der Waals surface area contributed by atoms with Gasteiger partial charge in [-0.3, -0.25) is 0 Å². The van der Waals surface area contributed by atoms with Crippen LogP contribution >= 0.6 is 0 Å². The van der Waals surface area contributed by atoms with Gasteiger partial charge in [-0.05, 0) is 44.5 Å². The number of nitrogens with zero attached hydrogens (tertiary/aromatic N) is 1. The number of morpholine rings is 1. The lowest BCUT2D eigenvalue weighted by Crippen LogP contribution is -2.62. The van der Waals surface area contributed by atoms with Gasteiger partial charge in [0.25, 0.3) is 0 Å². The fourth-order valence-electron chi connectivity index (χ4n) is 6.48. The van der Waals surface area contributed by atoms with E-state index < -0.39 is 17.8 Å². The highest BCUT2D eigenvalue weighted by Crippen LogP contribution is 2.66. The predicted molar refractivity (Wildman–Crippen MR) is 106 cm³/mol. The molecule has 0 amide bonds. The van der Waals surface area contributed by atoms with Crippen molar-refractivity contribution in [2.24, 2.45) is 11.3 Å². The van der Waals surface area contributed by atoms with E-state index in [4.69, 9.17) is 9.47 Å². The lowest BCUT2D eigenvalue weighted by atomic mass is 9.50. The van der Waals surface area contributed by atoms with E-state index >= 15 is 0 Å². The number of aliphatic hydroxyl groups is 2. The molecule has 0 aromatic carbocycles. The van der Waals surface area contributed by atoms with Crippen LogP contribution in [0.15, 0.2) is 35.5 Å². The van der Waals surface area contributed by atoms with Gasteiger partial charge in [-0.1, -0.05) is 24.3 Å². The first-order chi connectivity index (χ1) is 13.5. The monoisotopic (exact) mass is 388 g/mol. The summed E-state index contributed by atoms with van der Waals surface area (Å²) < 4.78 is 11.4. The van der Waals surface area contributed by atoms with Gasteiger partial charge in [-0.25, -0.2) is 0 Å². The molecule has 3 N–H and O–H groups in total. The summed E-state index contributed by atoms with van der Waals surface area (Å²) in [4.78, 5) is 2.45. The Morgan fingerprint density at radius 1 is 1.18 bits per heavy atom. The molecule has 6 rings (SSSR count). The largest absolute Gasteiger partial charge is 0.386 e. The fraction of sp³-hybridized carbons (Fsp3) is 0.727. The van der Waals surface area contributed by atoms with Crippen molar-refractivity contribution < 1.29 is 19.7 Å². The van der Waals surface area contributed by atoms with Crippen LogP contribution in [-0.4, -0.2) is 85.0 Å². The number of rotatable bonds is 0. The van der Waals surface area contributed by atoms with Gasteiger partial charge in [0.2, 0.25) is 0 Å². The Bertz CT molecular complexity index is 719. The normalized spacial score (nSPS) is 48.8. The van der Waals surface area contributed by atoms with Gasteiger partial charge in [0.1, 0.15) is 11.7 Å². The summed E-state index contributed by atoms with van der Waals surface area (Å²) in [6.07, 6.45) is 8.64. The maximum Gasteiger partial charge on any atom is 0.117 e. The first-order valence-corrected chi connectivity index (χ1v) is 10.6. The van der Waals surface area contributed by atoms with Crippen LogP contribution in [0, 0.1) is 11.3 Å². The van der Waals surface area contributed by atoms with E-state index in [-0.39, 0.29) is 11.5 Å². The molecule has 0 aromatic heterocycles. The smallest absolute Gasteiger partial charge is 0.117 e. The van der Waals surface area contributed by atoms with Crippen molar-refractivity contribution in [1.82, 2.24) is 10.2 Å². The SMILES string of the molecule is C1COCCN1.CN1CC[C@]23C4=C5C=CC(O)C4(C)O[C@H]2[C@@H](O)C=C[C@H]3[C@H]1C5. The Kier molecular flexibility index (Phi) is 4.58. The minimum Gasteiger partial charge on any atom is -0.386 e. The average molecular weight is 389 g/mol. The zero-order valence-corrected chi connectivity index (χ0v) is 16.8. The quantitative estimate of drug-likeness (QED) is 0.529. The maximum atomic E-state index is 10.6. The van der Waals surface area contributed by atoms with Crippen molar-refractivity contribution in [1.29, 1.82) is 0 Å². The van der Waals surface area contributed by atoms with E-state index in [1.54, 1.807) is 0 Å². The maximum absolute atomic E-state index is 10.6. The van der Waals surface area contributed by atoms with Crippen molar-refractivity contribution in [2.45, 2.75) is 49.7 Å². The summed E-state index contributed by atoms with van der Waals surface area (Å²) in [5.41, 5.74) is 1.78. The topological polar surface area (TPSA) is 74.2 Å². The molecular weight excluding hydrogens is 356 g/mol. The van der Waals surface area contributed by atoms with E-state index in [1.807, 2.05) is 19.1 Å². The van der Waals surface area contributed by atoms with Gasteiger partial charge in [-0.15, -0.1) is 0 Å². The summed E-state index contributed by atoms with van der Waals surface area (Å²) in [6, 6.07) is 0.463. The lowest BCUT2D eigenvalue weighted by molar-refractivity contribution is -0.135. The Morgan fingerprint density at radius 3 is 2.64 bits per heavy atom. The predicted octanol–water partition coefficient (Wildman–Crippen LogP) is 0.619. The third kappa shape index (κ3) is 2.49. The molecule has 3 aliphatic heterocycles. The van der Waals surface area contributed by atoms with Crippen LogP contribution in [0.25, 0.3) is 0 Å². The highest BCUT2D eigenvalue weighted by molar-refractivity contribution is 5.52. The summed E-state index contributed by atoms with van der Waals surface area (Å²) in [5, 5.41) is 24.3. The summed E-state index contributed by atoms with van der Waals surface area (Å²) >= 11 is 0. The summed E-state index contributed by atoms with van der Waals surface area (Å²) in [5.74, 6) is 0.374. The van der Waals surface area contributed by atoms with E-state index in [0.717, 1.165) is 45.7 Å². The Labute approximate surface area is 166 Å². The van der Waals surface area contributed by atoms with Gasteiger partial charge in [0.05, 0.1) is 25.4 Å². The molecule has 28 heavy (non-hydrogen) atoms. The molecule has 6 nitrogen and oxygen atoms in total. The molecule has 3 aliphatic carbocycles. The van der Waals surface area contributed by atoms with Gasteiger partial charge in [0.15, 0.2) is 0 Å². The molecule has 0 saturated carbocycles. The number of hydrogen-bond acceptors (Lipinski definition) is 6. The van der Waals surface area contributed by atoms with Crippen molar-refractivity contribution in [2.75, 3.05) is 39.9 Å². The Balaban J connectivity index is 0.000000246. The molecule has 1 spiro atoms. The summed E-state index contributed by atoms with van der Waals surface area (Å²) in [6.45, 7) is 6.86. The Hall–Kier alpha value is -1.02. The zero-order valence-electron chi connectivity index (χ0n) is 16.8. The summed E-state index contributed by atoms with van der Waals surface area (Å²) in [7, 11) is 2.20. The van der Waals surface area contributed by atoms with Crippen molar-refractivity contribution in [3.8, 4) is 0 Å². The zero-order chi connectivity index (χ0) is 19.5. The van der Waals surface area contributed by atoms with E-state index in [9.17, 15) is 10.2 Å². The van der Waals surface area contributed by atoms with Crippen LogP contribution < -0.4 is 5.32 Å². The second-order valence-electron chi connectivity index (χ2n) is 9.16. The minimum atomic E-state index is -0.680. The number of allylic oxidation sites excluding steroid dienone is 1. The molecule has 154 valence electrons. The average Bonchev–Trinajstić information content (AvgIpc) is 3.00. The molecular formula is C22H32N2O4. The molecule has 2 unspecified atom stereocenters. The highest BCUT2D eigenvalue weighted by Gasteiger charge is 2.69. The van der Waals surface area contributed by atoms with Crippen LogP contribution in [-0.2, 0) is 9.47 Å². The van der Waals surface area contributed by atoms with Gasteiger partial charge in [-0.2, -0.15) is 0 Å². The first kappa shape index (κ1) is 19.0. The van der Waals surface area contributed by atoms with Crippen molar-refractivity contribution >= 4 is 0 Å². The molecule has 6 heteroatoms. The third-order valence-corrected chi connectivity index (χ3v) is 7.76. The number of piperidine rings is 1. The second kappa shape index (κ2) is 6.76. The number of aliphatic hydroxyl groups excluding tert-OH is 2. The standard InChI is InChI=1S/C18H23NO3.C4H9NO/c1-17-14(21)6-3-10-9-12-11-4-5-13(20)16(22-17)18(11,15(10)17)7-8-19(12)2;1-3-6-4-2-5-1/h3-6,11-14,16,20-21H,7-9H2,1-2H3;5H,1-4H2/t11-,12+,13-,14?,16-,17?,18-;/m0./s1. The molecule has 3 saturated heterocycles. The molecule has 7 atom stereocenters. The van der Waals surface area contributed by atoms with Gasteiger partial charge < -0.3 is 29.9 Å². The van der Waals surface area contributed by atoms with E-state index in [0.29, 0.717) is 12.0 Å². The first-order valence-electron chi connectivity index (χ1n) is 10.6. The van der Waals surface area contributed by atoms with Gasteiger partial charge in [0, 0.05) is 30.5 Å². The van der Waals surface area contributed by atoms with E-state index in [2.05, 4.69) is 29.4 Å². The van der Waals surface area contributed by atoms with Gasteiger partial charge >= 0.3 is 0 Å². The molecule has 6 aliphatic rings. The number of likely N-dealkylation sites (tertiary alicyclic amines) is 1. The molecule has 2 bridgehead atoms. The van der Waals surface area contributed by atoms with Crippen LogP contribution in [0.2, 0.25) is 0 Å². The van der Waals surface area contributed by atoms with E-state index in [1.165, 1.54) is 11.1 Å². The van der Waals surface area contributed by atoms with Crippen LogP contribution in [0.1, 0.15) is 19.8 Å². The van der Waals surface area contributed by atoms with Crippen molar-refractivity contribution in [3.63, 3.8) is 0 Å². The third-order valence-electron chi connectivity index (χ3n) is 7.76. The second-order valence-corrected chi connectivity index (χ2v) is 9.16. The number of nitrogens with one attached hydrogen (secondary N) is 1. The Morgan fingerprint density at radius 2 is 1.96 bits per heavy atom. The highest BCUT2D eigenvalue weighted by atomic mass is 16.5. The molecule has 3 fully saturated rings. The fourth-order valence-corrected chi connectivity index (χ4v) is 6.48. The van der Waals surface area contributed by atoms with Crippen LogP contribution in [0.4, 0.5) is 0 Å². The molecule has 0 aromatic rings. The van der Waals surface area contributed by atoms with Crippen molar-refractivity contribution in [3.05, 3.63) is 35.5 Å².